The lowest BCUT2D eigenvalue weighted by Gasteiger charge is -2.04. The first-order valence-corrected chi connectivity index (χ1v) is 7.43. The van der Waals surface area contributed by atoms with Crippen molar-refractivity contribution in [2.24, 2.45) is 0 Å². The number of aromatic nitrogens is 1. The van der Waals surface area contributed by atoms with Crippen molar-refractivity contribution in [3.05, 3.63) is 40.7 Å². The van der Waals surface area contributed by atoms with E-state index < -0.39 is 0 Å². The largest absolute Gasteiger partial charge is 0.375 e. The number of nitrogen functional groups attached to an aromatic ring is 1. The Bertz CT molecular complexity index is 732. The van der Waals surface area contributed by atoms with Gasteiger partial charge in [0.15, 0.2) is 5.13 Å². The van der Waals surface area contributed by atoms with E-state index in [1.54, 1.807) is 16.7 Å². The highest BCUT2D eigenvalue weighted by Gasteiger charge is 2.07. The molecule has 0 saturated carbocycles. The van der Waals surface area contributed by atoms with E-state index in [-0.39, 0.29) is 12.3 Å². The van der Waals surface area contributed by atoms with Gasteiger partial charge < -0.3 is 11.1 Å². The number of benzene rings is 1. The van der Waals surface area contributed by atoms with Crippen LogP contribution in [0.1, 0.15) is 5.69 Å². The van der Waals surface area contributed by atoms with Crippen LogP contribution in [0.3, 0.4) is 0 Å². The van der Waals surface area contributed by atoms with Gasteiger partial charge in [-0.3, -0.25) is 4.79 Å². The van der Waals surface area contributed by atoms with Crippen LogP contribution in [-0.4, -0.2) is 10.9 Å². The quantitative estimate of drug-likeness (QED) is 0.778. The number of anilines is 2. The number of nitrogens with two attached hydrogens (primary N) is 1. The molecule has 3 rings (SSSR count). The summed E-state index contributed by atoms with van der Waals surface area (Å²) in [5.74, 6) is -0.0834. The smallest absolute Gasteiger partial charge is 0.230 e. The maximum atomic E-state index is 11.9. The number of fused-ring (bicyclic) bond motifs is 1. The average Bonchev–Trinajstić information content (AvgIpc) is 2.97. The summed E-state index contributed by atoms with van der Waals surface area (Å²) < 4.78 is 1.21. The molecule has 0 aliphatic carbocycles. The molecule has 0 fully saturated rings. The van der Waals surface area contributed by atoms with E-state index in [2.05, 4.69) is 10.3 Å². The molecule has 0 aliphatic heterocycles. The van der Waals surface area contributed by atoms with Gasteiger partial charge in [-0.05, 0) is 35.0 Å². The molecule has 2 heterocycles. The Balaban J connectivity index is 1.71. The fourth-order valence-electron chi connectivity index (χ4n) is 1.82. The van der Waals surface area contributed by atoms with Crippen LogP contribution in [0.15, 0.2) is 35.0 Å². The summed E-state index contributed by atoms with van der Waals surface area (Å²) in [5, 5.41) is 8.34. The maximum absolute atomic E-state index is 11.9. The van der Waals surface area contributed by atoms with Gasteiger partial charge in [-0.2, -0.15) is 0 Å². The lowest BCUT2D eigenvalue weighted by Crippen LogP contribution is -2.14. The second-order valence-corrected chi connectivity index (χ2v) is 5.91. The highest BCUT2D eigenvalue weighted by molar-refractivity contribution is 7.17. The molecular formula is C13H11N3OS2. The Labute approximate surface area is 117 Å². The predicted octanol–water partition coefficient (Wildman–Crippen LogP) is 3.12. The van der Waals surface area contributed by atoms with Crippen LogP contribution < -0.4 is 11.1 Å². The molecule has 0 spiro atoms. The summed E-state index contributed by atoms with van der Waals surface area (Å²) in [5.41, 5.74) is 7.04. The third kappa shape index (κ3) is 2.74. The molecule has 1 aromatic carbocycles. The lowest BCUT2D eigenvalue weighted by molar-refractivity contribution is -0.115. The molecule has 1 amide bonds. The van der Waals surface area contributed by atoms with Gasteiger partial charge in [0.25, 0.3) is 0 Å². The molecule has 0 radical (unpaired) electrons. The third-order valence-electron chi connectivity index (χ3n) is 2.65. The molecule has 3 aromatic rings. The van der Waals surface area contributed by atoms with Crippen molar-refractivity contribution in [1.82, 2.24) is 4.98 Å². The van der Waals surface area contributed by atoms with Gasteiger partial charge in [0.2, 0.25) is 5.91 Å². The molecule has 4 nitrogen and oxygen atoms in total. The minimum absolute atomic E-state index is 0.0834. The van der Waals surface area contributed by atoms with Crippen molar-refractivity contribution in [2.45, 2.75) is 6.42 Å². The molecule has 19 heavy (non-hydrogen) atoms. The van der Waals surface area contributed by atoms with Crippen molar-refractivity contribution in [3.8, 4) is 0 Å². The summed E-state index contributed by atoms with van der Waals surface area (Å²) >= 11 is 3.03. The van der Waals surface area contributed by atoms with Crippen molar-refractivity contribution in [2.75, 3.05) is 11.1 Å². The van der Waals surface area contributed by atoms with Crippen molar-refractivity contribution >= 4 is 49.5 Å². The number of nitrogens with zero attached hydrogens (tertiary/aromatic N) is 1. The zero-order valence-electron chi connectivity index (χ0n) is 9.92. The highest BCUT2D eigenvalue weighted by atomic mass is 32.1. The number of carbonyl (C=O) groups excluding carboxylic acids is 1. The Kier molecular flexibility index (Phi) is 3.18. The van der Waals surface area contributed by atoms with Gasteiger partial charge in [-0.1, -0.05) is 0 Å². The van der Waals surface area contributed by atoms with Gasteiger partial charge in [0, 0.05) is 15.8 Å². The number of hydrogen-bond donors (Lipinski definition) is 2. The first-order chi connectivity index (χ1) is 9.20. The number of thiazole rings is 1. The number of rotatable bonds is 3. The summed E-state index contributed by atoms with van der Waals surface area (Å²) in [4.78, 5) is 16.0. The summed E-state index contributed by atoms with van der Waals surface area (Å²) in [7, 11) is 0. The number of thiophene rings is 1. The minimum atomic E-state index is -0.0834. The molecule has 0 atom stereocenters. The summed E-state index contributed by atoms with van der Waals surface area (Å²) in [6.07, 6.45) is 0.245. The zero-order valence-corrected chi connectivity index (χ0v) is 11.6. The van der Waals surface area contributed by atoms with Crippen LogP contribution in [0, 0.1) is 0 Å². The summed E-state index contributed by atoms with van der Waals surface area (Å²) in [6, 6.07) is 7.93. The number of carbonyl (C=O) groups is 1. The zero-order chi connectivity index (χ0) is 13.2. The van der Waals surface area contributed by atoms with E-state index in [1.807, 2.05) is 29.6 Å². The molecule has 0 aliphatic rings. The van der Waals surface area contributed by atoms with Crippen LogP contribution >= 0.6 is 22.7 Å². The van der Waals surface area contributed by atoms with Gasteiger partial charge in [0.05, 0.1) is 12.1 Å². The summed E-state index contributed by atoms with van der Waals surface area (Å²) in [6.45, 7) is 0. The van der Waals surface area contributed by atoms with Crippen LogP contribution in [-0.2, 0) is 11.2 Å². The molecule has 3 N–H and O–H groups in total. The first-order valence-electron chi connectivity index (χ1n) is 5.68. The van der Waals surface area contributed by atoms with E-state index in [9.17, 15) is 4.79 Å². The normalized spacial score (nSPS) is 10.7. The second kappa shape index (κ2) is 4.99. The van der Waals surface area contributed by atoms with E-state index in [0.29, 0.717) is 10.8 Å². The predicted molar refractivity (Wildman–Crippen MR) is 80.7 cm³/mol. The van der Waals surface area contributed by atoms with Crippen molar-refractivity contribution in [3.63, 3.8) is 0 Å². The van der Waals surface area contributed by atoms with Gasteiger partial charge in [-0.15, -0.1) is 22.7 Å². The topological polar surface area (TPSA) is 68.0 Å². The van der Waals surface area contributed by atoms with Gasteiger partial charge in [0.1, 0.15) is 0 Å². The molecule has 2 aromatic heterocycles. The minimum Gasteiger partial charge on any atom is -0.375 e. The monoisotopic (exact) mass is 289 g/mol. The maximum Gasteiger partial charge on any atom is 0.230 e. The van der Waals surface area contributed by atoms with Crippen LogP contribution in [0.4, 0.5) is 10.8 Å². The molecule has 96 valence electrons. The van der Waals surface area contributed by atoms with Crippen molar-refractivity contribution < 1.29 is 4.79 Å². The van der Waals surface area contributed by atoms with Crippen LogP contribution in [0.2, 0.25) is 0 Å². The van der Waals surface area contributed by atoms with E-state index in [0.717, 1.165) is 11.1 Å². The van der Waals surface area contributed by atoms with Gasteiger partial charge in [-0.25, -0.2) is 4.98 Å². The fourth-order valence-corrected chi connectivity index (χ4v) is 3.15. The molecule has 6 heteroatoms. The first kappa shape index (κ1) is 12.1. The number of nitrogens with one attached hydrogen (secondary N) is 1. The third-order valence-corrected chi connectivity index (χ3v) is 4.27. The fraction of sp³-hybridized carbons (Fsp3) is 0.0769. The Morgan fingerprint density at radius 1 is 1.32 bits per heavy atom. The highest BCUT2D eigenvalue weighted by Crippen LogP contribution is 2.24. The molecule has 0 saturated heterocycles. The molecule has 0 unspecified atom stereocenters. The second-order valence-electron chi connectivity index (χ2n) is 4.08. The SMILES string of the molecule is Nc1nc(CC(=O)Nc2ccc3sccc3c2)cs1. The molecular weight excluding hydrogens is 278 g/mol. The van der Waals surface area contributed by atoms with Gasteiger partial charge >= 0.3 is 0 Å². The number of hydrogen-bond acceptors (Lipinski definition) is 5. The average molecular weight is 289 g/mol. The van der Waals surface area contributed by atoms with E-state index in [4.69, 9.17) is 5.73 Å². The van der Waals surface area contributed by atoms with Crippen LogP contribution in [0.5, 0.6) is 0 Å². The Morgan fingerprint density at radius 3 is 3.00 bits per heavy atom. The molecule has 0 bridgehead atoms. The number of amides is 1. The standard InChI is InChI=1S/C13H11N3OS2/c14-13-16-10(7-19-13)6-12(17)15-9-1-2-11-8(5-9)3-4-18-11/h1-5,7H,6H2,(H2,14,16)(H,15,17). The van der Waals surface area contributed by atoms with Crippen molar-refractivity contribution in [1.29, 1.82) is 0 Å². The van der Waals surface area contributed by atoms with Crippen LogP contribution in [0.25, 0.3) is 10.1 Å². The Hall–Kier alpha value is -1.92. The lowest BCUT2D eigenvalue weighted by atomic mass is 10.2. The Morgan fingerprint density at radius 2 is 2.21 bits per heavy atom. The van der Waals surface area contributed by atoms with E-state index >= 15 is 0 Å². The van der Waals surface area contributed by atoms with E-state index in [1.165, 1.54) is 16.0 Å².